The SMILES string of the molecule is C=C[C@H]1OCC=C[C@H]1O[Si]([Si](C)(C)C)([Si](C)(C)C)[Si](C)(C)C. The van der Waals surface area contributed by atoms with Gasteiger partial charge in [0.05, 0.1) is 35.5 Å². The van der Waals surface area contributed by atoms with Crippen molar-refractivity contribution in [2.45, 2.75) is 71.1 Å². The molecule has 128 valence electrons. The van der Waals surface area contributed by atoms with Gasteiger partial charge < -0.3 is 9.16 Å². The highest BCUT2D eigenvalue weighted by Crippen LogP contribution is 2.39. The van der Waals surface area contributed by atoms with Gasteiger partial charge in [0.1, 0.15) is 6.10 Å². The summed E-state index contributed by atoms with van der Waals surface area (Å²) in [6.07, 6.45) is 6.36. The molecule has 0 unspecified atom stereocenters. The van der Waals surface area contributed by atoms with Crippen molar-refractivity contribution in [3.05, 3.63) is 24.8 Å². The third-order valence-corrected chi connectivity index (χ3v) is 72.3. The van der Waals surface area contributed by atoms with E-state index in [-0.39, 0.29) is 12.2 Å². The molecular weight excluding hydrogens is 337 g/mol. The molecule has 0 aromatic carbocycles. The van der Waals surface area contributed by atoms with Crippen LogP contribution >= 0.6 is 0 Å². The second kappa shape index (κ2) is 6.64. The fourth-order valence-corrected chi connectivity index (χ4v) is 98.8. The lowest BCUT2D eigenvalue weighted by Crippen LogP contribution is -2.85. The molecule has 1 aliphatic heterocycles. The summed E-state index contributed by atoms with van der Waals surface area (Å²) in [5.41, 5.74) is 0. The Bertz CT molecular complexity index is 391. The summed E-state index contributed by atoms with van der Waals surface area (Å²) in [6.45, 7) is 25.8. The van der Waals surface area contributed by atoms with E-state index in [0.717, 1.165) is 0 Å². The zero-order valence-corrected chi connectivity index (χ0v) is 20.1. The van der Waals surface area contributed by atoms with Crippen LogP contribution in [-0.4, -0.2) is 48.5 Å². The summed E-state index contributed by atoms with van der Waals surface area (Å²) >= 11 is 0. The van der Waals surface area contributed by atoms with Crippen molar-refractivity contribution >= 4 is 29.6 Å². The minimum Gasteiger partial charge on any atom is -0.417 e. The summed E-state index contributed by atoms with van der Waals surface area (Å²) in [6, 6.07) is 0. The van der Waals surface area contributed by atoms with Crippen molar-refractivity contribution in [3.8, 4) is 0 Å². The molecular formula is C16H36O2Si4. The van der Waals surface area contributed by atoms with Gasteiger partial charge in [-0.25, -0.2) is 0 Å². The van der Waals surface area contributed by atoms with E-state index in [1.54, 1.807) is 0 Å². The van der Waals surface area contributed by atoms with Gasteiger partial charge in [0.25, 0.3) is 0 Å². The Balaban J connectivity index is 3.41. The van der Waals surface area contributed by atoms with E-state index >= 15 is 0 Å². The first-order valence-electron chi connectivity index (χ1n) is 8.36. The summed E-state index contributed by atoms with van der Waals surface area (Å²) < 4.78 is 13.1. The van der Waals surface area contributed by atoms with Gasteiger partial charge >= 0.3 is 0 Å². The van der Waals surface area contributed by atoms with Gasteiger partial charge in [0.2, 0.25) is 0 Å². The van der Waals surface area contributed by atoms with Gasteiger partial charge in [0.15, 0.2) is 6.87 Å². The molecule has 0 aromatic heterocycles. The van der Waals surface area contributed by atoms with Crippen LogP contribution in [0.2, 0.25) is 58.9 Å². The van der Waals surface area contributed by atoms with Gasteiger partial charge in [-0.05, 0) is 0 Å². The van der Waals surface area contributed by atoms with E-state index in [2.05, 4.69) is 77.7 Å². The maximum atomic E-state index is 7.22. The third kappa shape index (κ3) is 3.67. The van der Waals surface area contributed by atoms with E-state index < -0.39 is 29.6 Å². The highest BCUT2D eigenvalue weighted by Gasteiger charge is 2.64. The summed E-state index contributed by atoms with van der Waals surface area (Å²) in [7, 11) is -4.25. The van der Waals surface area contributed by atoms with E-state index in [1.165, 1.54) is 0 Å². The molecule has 1 rings (SSSR count). The molecule has 0 saturated heterocycles. The standard InChI is InChI=1S/C16H36O2Si4/c1-11-15-16(13-12-14-17-15)18-22(19(2,3)4,20(5,6)7)21(8,9)10/h11-13,15-16H,1,14H2,2-10H3/t15-,16-/m1/s1. The highest BCUT2D eigenvalue weighted by molar-refractivity contribution is 7.87. The molecule has 0 fully saturated rings. The first kappa shape index (κ1) is 20.3. The fraction of sp³-hybridized carbons (Fsp3) is 0.750. The minimum atomic E-state index is -1.81. The molecule has 0 amide bonds. The second-order valence-electron chi connectivity index (χ2n) is 9.48. The number of ether oxygens (including phenoxy) is 1. The van der Waals surface area contributed by atoms with Gasteiger partial charge in [-0.3, -0.25) is 0 Å². The van der Waals surface area contributed by atoms with Crippen LogP contribution in [0, 0.1) is 0 Å². The summed E-state index contributed by atoms with van der Waals surface area (Å²) in [4.78, 5) is 0. The molecule has 1 aliphatic rings. The number of hydrogen-bond acceptors (Lipinski definition) is 2. The van der Waals surface area contributed by atoms with Crippen LogP contribution in [0.1, 0.15) is 0 Å². The Morgan fingerprint density at radius 3 is 1.77 bits per heavy atom. The van der Waals surface area contributed by atoms with Crippen molar-refractivity contribution in [2.75, 3.05) is 6.61 Å². The van der Waals surface area contributed by atoms with Crippen LogP contribution in [-0.2, 0) is 9.16 Å². The minimum absolute atomic E-state index is 0.0147. The Kier molecular flexibility index (Phi) is 6.13. The highest BCUT2D eigenvalue weighted by atomic mass is 29.9. The molecule has 0 spiro atoms. The Hall–Kier alpha value is 0.268. The first-order valence-corrected chi connectivity index (χ1v) is 23.8. The van der Waals surface area contributed by atoms with Gasteiger partial charge in [-0.15, -0.1) is 6.58 Å². The smallest absolute Gasteiger partial charge is 0.159 e. The normalized spacial score (nSPS) is 24.4. The van der Waals surface area contributed by atoms with E-state index in [0.29, 0.717) is 6.61 Å². The molecule has 1 heterocycles. The lowest BCUT2D eigenvalue weighted by atomic mass is 10.1. The molecule has 0 saturated carbocycles. The van der Waals surface area contributed by atoms with Crippen LogP contribution < -0.4 is 0 Å². The zero-order chi connectivity index (χ0) is 17.4. The molecule has 0 N–H and O–H groups in total. The predicted octanol–water partition coefficient (Wildman–Crippen LogP) is 4.71. The molecule has 2 atom stereocenters. The van der Waals surface area contributed by atoms with Crippen LogP contribution in [0.5, 0.6) is 0 Å². The first-order chi connectivity index (χ1) is 9.78. The van der Waals surface area contributed by atoms with Crippen LogP contribution in [0.4, 0.5) is 0 Å². The second-order valence-corrected chi connectivity index (χ2v) is 48.9. The van der Waals surface area contributed by atoms with Crippen LogP contribution in [0.15, 0.2) is 24.8 Å². The van der Waals surface area contributed by atoms with Crippen molar-refractivity contribution in [1.29, 1.82) is 0 Å². The molecule has 0 aromatic rings. The zero-order valence-electron chi connectivity index (χ0n) is 16.1. The van der Waals surface area contributed by atoms with Crippen molar-refractivity contribution < 1.29 is 9.16 Å². The van der Waals surface area contributed by atoms with Gasteiger partial charge in [-0.1, -0.05) is 77.2 Å². The Morgan fingerprint density at radius 2 is 1.41 bits per heavy atom. The molecule has 0 radical (unpaired) electrons. The maximum absolute atomic E-state index is 7.22. The average molecular weight is 373 g/mol. The van der Waals surface area contributed by atoms with Crippen LogP contribution in [0.25, 0.3) is 0 Å². The van der Waals surface area contributed by atoms with Gasteiger partial charge in [-0.2, -0.15) is 0 Å². The van der Waals surface area contributed by atoms with E-state index in [1.807, 2.05) is 6.08 Å². The Morgan fingerprint density at radius 1 is 0.955 bits per heavy atom. The molecule has 0 bridgehead atoms. The summed E-state index contributed by atoms with van der Waals surface area (Å²) in [5.74, 6) is 0. The third-order valence-electron chi connectivity index (χ3n) is 4.75. The topological polar surface area (TPSA) is 18.5 Å². The van der Waals surface area contributed by atoms with E-state index in [4.69, 9.17) is 9.16 Å². The molecule has 6 heteroatoms. The number of hydrogen-bond donors (Lipinski definition) is 0. The Labute approximate surface area is 141 Å². The van der Waals surface area contributed by atoms with Crippen molar-refractivity contribution in [2.24, 2.45) is 0 Å². The fourth-order valence-electron chi connectivity index (χ4n) is 4.98. The maximum Gasteiger partial charge on any atom is 0.159 e. The lowest BCUT2D eigenvalue weighted by Gasteiger charge is -2.57. The molecule has 22 heavy (non-hydrogen) atoms. The number of rotatable bonds is 6. The average Bonchev–Trinajstić information content (AvgIpc) is 2.31. The monoisotopic (exact) mass is 372 g/mol. The molecule has 2 nitrogen and oxygen atoms in total. The largest absolute Gasteiger partial charge is 0.417 e. The summed E-state index contributed by atoms with van der Waals surface area (Å²) in [5, 5.41) is 0. The van der Waals surface area contributed by atoms with Crippen molar-refractivity contribution in [1.82, 2.24) is 0 Å². The molecule has 0 aliphatic carbocycles. The van der Waals surface area contributed by atoms with E-state index in [9.17, 15) is 0 Å². The van der Waals surface area contributed by atoms with Gasteiger partial charge in [0, 0.05) is 0 Å². The lowest BCUT2D eigenvalue weighted by molar-refractivity contribution is 0.0256. The van der Waals surface area contributed by atoms with Crippen molar-refractivity contribution in [3.63, 3.8) is 0 Å². The quantitative estimate of drug-likeness (QED) is 0.496. The predicted molar refractivity (Wildman–Crippen MR) is 110 cm³/mol. The van der Waals surface area contributed by atoms with Crippen LogP contribution in [0.3, 0.4) is 0 Å².